The van der Waals surface area contributed by atoms with Crippen molar-refractivity contribution in [3.63, 3.8) is 0 Å². The molecule has 0 spiro atoms. The summed E-state index contributed by atoms with van der Waals surface area (Å²) in [7, 11) is -3.94. The number of anilines is 2. The fourth-order valence-corrected chi connectivity index (χ4v) is 5.55. The number of carbonyl (C=O) groups excluding carboxylic acids is 2. The molecule has 0 saturated carbocycles. The minimum absolute atomic E-state index is 0.0208. The van der Waals surface area contributed by atoms with Gasteiger partial charge in [0.25, 0.3) is 21.8 Å². The molecule has 1 aliphatic rings. The number of sulfonamides is 1. The van der Waals surface area contributed by atoms with Gasteiger partial charge in [0.15, 0.2) is 0 Å². The van der Waals surface area contributed by atoms with Crippen molar-refractivity contribution in [3.05, 3.63) is 88.5 Å². The van der Waals surface area contributed by atoms with Gasteiger partial charge in [0.2, 0.25) is 0 Å². The molecule has 1 fully saturated rings. The Bertz CT molecular complexity index is 1390. The number of amides is 2. The first kappa shape index (κ1) is 24.5. The van der Waals surface area contributed by atoms with E-state index in [-0.39, 0.29) is 16.4 Å². The average molecular weight is 492 g/mol. The number of hydrogen-bond donors (Lipinski definition) is 2. The third-order valence-electron chi connectivity index (χ3n) is 6.39. The molecule has 0 bridgehead atoms. The van der Waals surface area contributed by atoms with E-state index < -0.39 is 15.9 Å². The van der Waals surface area contributed by atoms with Crippen molar-refractivity contribution < 1.29 is 18.0 Å². The van der Waals surface area contributed by atoms with Crippen LogP contribution in [0.3, 0.4) is 0 Å². The Hall–Kier alpha value is -3.65. The van der Waals surface area contributed by atoms with Crippen LogP contribution in [0.1, 0.15) is 50.2 Å². The van der Waals surface area contributed by atoms with Crippen LogP contribution in [0.25, 0.3) is 0 Å². The molecule has 0 atom stereocenters. The van der Waals surface area contributed by atoms with E-state index in [4.69, 9.17) is 0 Å². The van der Waals surface area contributed by atoms with Crippen LogP contribution >= 0.6 is 0 Å². The predicted octanol–water partition coefficient (Wildman–Crippen LogP) is 4.90. The van der Waals surface area contributed by atoms with Gasteiger partial charge in [0.05, 0.1) is 21.8 Å². The van der Waals surface area contributed by atoms with E-state index in [1.807, 2.05) is 19.9 Å². The molecule has 8 heteroatoms. The quantitative estimate of drug-likeness (QED) is 0.513. The smallest absolute Gasteiger partial charge is 0.262 e. The molecule has 1 aliphatic heterocycles. The van der Waals surface area contributed by atoms with Crippen LogP contribution < -0.4 is 10.0 Å². The highest BCUT2D eigenvalue weighted by Crippen LogP contribution is 2.26. The first-order valence-electron chi connectivity index (χ1n) is 11.6. The van der Waals surface area contributed by atoms with Crippen molar-refractivity contribution in [2.24, 2.45) is 0 Å². The van der Waals surface area contributed by atoms with Gasteiger partial charge in [-0.2, -0.15) is 0 Å². The molecular weight excluding hydrogens is 462 g/mol. The number of likely N-dealkylation sites (tertiary alicyclic amines) is 1. The third-order valence-corrected chi connectivity index (χ3v) is 7.90. The molecule has 3 aromatic carbocycles. The lowest BCUT2D eigenvalue weighted by Crippen LogP contribution is -2.28. The van der Waals surface area contributed by atoms with E-state index in [1.54, 1.807) is 60.4 Å². The number of benzene rings is 3. The molecule has 7 nitrogen and oxygen atoms in total. The number of rotatable bonds is 6. The molecule has 35 heavy (non-hydrogen) atoms. The zero-order chi connectivity index (χ0) is 25.2. The molecule has 182 valence electrons. The van der Waals surface area contributed by atoms with Crippen LogP contribution in [0.2, 0.25) is 0 Å². The topological polar surface area (TPSA) is 95.6 Å². The van der Waals surface area contributed by atoms with Crippen LogP contribution in [0.5, 0.6) is 0 Å². The molecule has 0 radical (unpaired) electrons. The van der Waals surface area contributed by atoms with Crippen LogP contribution in [0.15, 0.2) is 65.6 Å². The Morgan fingerprint density at radius 1 is 0.829 bits per heavy atom. The molecule has 3 aromatic rings. The number of carbonyl (C=O) groups is 2. The van der Waals surface area contributed by atoms with Crippen molar-refractivity contribution in [1.29, 1.82) is 0 Å². The average Bonchev–Trinajstić information content (AvgIpc) is 3.37. The Balaban J connectivity index is 1.60. The van der Waals surface area contributed by atoms with Gasteiger partial charge in [0.1, 0.15) is 0 Å². The standard InChI is InChI=1S/C27H29N3O4S/c1-18-9-8-12-23(20(18)3)29-35(33,34)25-17-21(14-13-19(25)2)26(31)28-24-11-5-4-10-22(24)27(32)30-15-6-7-16-30/h4-5,8-14,17,29H,6-7,15-16H2,1-3H3,(H,28,31). The van der Waals surface area contributed by atoms with Crippen molar-refractivity contribution in [1.82, 2.24) is 4.90 Å². The molecule has 2 amide bonds. The second-order valence-electron chi connectivity index (χ2n) is 8.83. The van der Waals surface area contributed by atoms with E-state index >= 15 is 0 Å². The summed E-state index contributed by atoms with van der Waals surface area (Å²) in [6.07, 6.45) is 1.94. The maximum Gasteiger partial charge on any atom is 0.262 e. The highest BCUT2D eigenvalue weighted by atomic mass is 32.2. The van der Waals surface area contributed by atoms with Crippen molar-refractivity contribution in [2.75, 3.05) is 23.1 Å². The lowest BCUT2D eigenvalue weighted by atomic mass is 10.1. The van der Waals surface area contributed by atoms with Gasteiger partial charge in [0, 0.05) is 18.7 Å². The maximum atomic E-state index is 13.2. The molecule has 1 saturated heterocycles. The lowest BCUT2D eigenvalue weighted by Gasteiger charge is -2.18. The highest BCUT2D eigenvalue weighted by molar-refractivity contribution is 7.92. The number of nitrogens with zero attached hydrogens (tertiary/aromatic N) is 1. The largest absolute Gasteiger partial charge is 0.339 e. The molecule has 0 aromatic heterocycles. The number of para-hydroxylation sites is 1. The van der Waals surface area contributed by atoms with Gasteiger partial charge in [-0.15, -0.1) is 0 Å². The van der Waals surface area contributed by atoms with Crippen molar-refractivity contribution in [3.8, 4) is 0 Å². The fraction of sp³-hybridized carbons (Fsp3) is 0.259. The Morgan fingerprint density at radius 2 is 1.51 bits per heavy atom. The van der Waals surface area contributed by atoms with E-state index in [1.165, 1.54) is 6.07 Å². The van der Waals surface area contributed by atoms with Crippen LogP contribution in [-0.4, -0.2) is 38.2 Å². The van der Waals surface area contributed by atoms with Crippen LogP contribution in [0.4, 0.5) is 11.4 Å². The maximum absolute atomic E-state index is 13.2. The van der Waals surface area contributed by atoms with Gasteiger partial charge >= 0.3 is 0 Å². The molecule has 0 aliphatic carbocycles. The van der Waals surface area contributed by atoms with E-state index in [2.05, 4.69) is 10.0 Å². The van der Waals surface area contributed by atoms with Crippen molar-refractivity contribution >= 4 is 33.2 Å². The van der Waals surface area contributed by atoms with E-state index in [0.29, 0.717) is 35.6 Å². The first-order chi connectivity index (χ1) is 16.7. The molecular formula is C27H29N3O4S. The number of hydrogen-bond acceptors (Lipinski definition) is 4. The van der Waals surface area contributed by atoms with Crippen molar-refractivity contribution in [2.45, 2.75) is 38.5 Å². The number of nitrogens with one attached hydrogen (secondary N) is 2. The van der Waals surface area contributed by atoms with Gasteiger partial charge in [-0.05, 0) is 80.6 Å². The molecule has 4 rings (SSSR count). The van der Waals surface area contributed by atoms with Gasteiger partial charge in [-0.25, -0.2) is 8.42 Å². The van der Waals surface area contributed by atoms with Crippen LogP contribution in [0, 0.1) is 20.8 Å². The monoisotopic (exact) mass is 491 g/mol. The zero-order valence-electron chi connectivity index (χ0n) is 20.1. The molecule has 0 unspecified atom stereocenters. The molecule has 2 N–H and O–H groups in total. The fourth-order valence-electron chi connectivity index (χ4n) is 4.16. The van der Waals surface area contributed by atoms with Gasteiger partial charge < -0.3 is 10.2 Å². The Morgan fingerprint density at radius 3 is 2.26 bits per heavy atom. The summed E-state index contributed by atoms with van der Waals surface area (Å²) in [6.45, 7) is 6.85. The summed E-state index contributed by atoms with van der Waals surface area (Å²) in [4.78, 5) is 27.8. The normalized spacial score (nSPS) is 13.5. The molecule has 1 heterocycles. The summed E-state index contributed by atoms with van der Waals surface area (Å²) in [5.41, 5.74) is 3.81. The summed E-state index contributed by atoms with van der Waals surface area (Å²) in [5.74, 6) is -0.613. The third kappa shape index (κ3) is 5.22. The second kappa shape index (κ2) is 9.92. The second-order valence-corrected chi connectivity index (χ2v) is 10.5. The Kier molecular flexibility index (Phi) is 6.93. The summed E-state index contributed by atoms with van der Waals surface area (Å²) in [5, 5.41) is 2.79. The summed E-state index contributed by atoms with van der Waals surface area (Å²) < 4.78 is 29.1. The Labute approximate surface area is 206 Å². The minimum Gasteiger partial charge on any atom is -0.339 e. The summed E-state index contributed by atoms with van der Waals surface area (Å²) >= 11 is 0. The highest BCUT2D eigenvalue weighted by Gasteiger charge is 2.24. The van der Waals surface area contributed by atoms with E-state index in [9.17, 15) is 18.0 Å². The van der Waals surface area contributed by atoms with Crippen LogP contribution in [-0.2, 0) is 10.0 Å². The van der Waals surface area contributed by atoms with E-state index in [0.717, 1.165) is 24.0 Å². The predicted molar refractivity (Wildman–Crippen MR) is 137 cm³/mol. The minimum atomic E-state index is -3.94. The van der Waals surface area contributed by atoms with Gasteiger partial charge in [-0.1, -0.05) is 30.3 Å². The number of aryl methyl sites for hydroxylation is 2. The van der Waals surface area contributed by atoms with Gasteiger partial charge in [-0.3, -0.25) is 14.3 Å². The summed E-state index contributed by atoms with van der Waals surface area (Å²) in [6, 6.07) is 16.8. The first-order valence-corrected chi connectivity index (χ1v) is 13.0. The zero-order valence-corrected chi connectivity index (χ0v) is 20.9. The lowest BCUT2D eigenvalue weighted by molar-refractivity contribution is 0.0794. The SMILES string of the molecule is Cc1ccc(C(=O)Nc2ccccc2C(=O)N2CCCC2)cc1S(=O)(=O)Nc1cccc(C)c1C.